The lowest BCUT2D eigenvalue weighted by Gasteiger charge is -2.25. The van der Waals surface area contributed by atoms with Crippen LogP contribution in [0, 0.1) is 5.82 Å². The molecule has 2 aromatic carbocycles. The molecule has 2 rings (SSSR count). The zero-order chi connectivity index (χ0) is 19.1. The molecule has 5 nitrogen and oxygen atoms in total. The molecule has 0 aliphatic carbocycles. The lowest BCUT2D eigenvalue weighted by molar-refractivity contribution is -0.123. The summed E-state index contributed by atoms with van der Waals surface area (Å²) in [6.07, 6.45) is 0. The monoisotopic (exact) mass is 359 g/mol. The zero-order valence-electron chi connectivity index (χ0n) is 15.7. The van der Waals surface area contributed by atoms with Gasteiger partial charge in [-0.1, -0.05) is 24.3 Å². The molecular formula is C20H26FN3O2. The number of benzene rings is 2. The van der Waals surface area contributed by atoms with E-state index in [-0.39, 0.29) is 24.3 Å². The second-order valence-electron chi connectivity index (χ2n) is 6.49. The average molecular weight is 359 g/mol. The van der Waals surface area contributed by atoms with E-state index in [2.05, 4.69) is 29.6 Å². The predicted molar refractivity (Wildman–Crippen MR) is 102 cm³/mol. The maximum absolute atomic E-state index is 13.5. The Morgan fingerprint density at radius 3 is 2.31 bits per heavy atom. The molecule has 1 N–H and O–H groups in total. The number of hydrogen-bond acceptors (Lipinski definition) is 4. The molecule has 0 heterocycles. The van der Waals surface area contributed by atoms with Gasteiger partial charge in [0.2, 0.25) is 0 Å². The van der Waals surface area contributed by atoms with Crippen molar-refractivity contribution in [2.75, 3.05) is 46.2 Å². The van der Waals surface area contributed by atoms with Gasteiger partial charge < -0.3 is 19.9 Å². The number of nitrogens with one attached hydrogen (secondary N) is 1. The van der Waals surface area contributed by atoms with Gasteiger partial charge in [0.05, 0.1) is 6.04 Å². The Morgan fingerprint density at radius 1 is 1.08 bits per heavy atom. The number of carbonyl (C=O) groups excluding carboxylic acids is 1. The van der Waals surface area contributed by atoms with Crippen molar-refractivity contribution in [2.24, 2.45) is 0 Å². The van der Waals surface area contributed by atoms with Crippen LogP contribution in [-0.4, -0.2) is 52.1 Å². The first-order chi connectivity index (χ1) is 12.4. The fraction of sp³-hybridized carbons (Fsp3) is 0.350. The van der Waals surface area contributed by atoms with Gasteiger partial charge in [-0.2, -0.15) is 0 Å². The number of likely N-dealkylation sites (N-methyl/N-ethyl adjacent to an activating group) is 1. The molecule has 0 saturated carbocycles. The van der Waals surface area contributed by atoms with E-state index in [9.17, 15) is 9.18 Å². The predicted octanol–water partition coefficient (Wildman–Crippen LogP) is 2.69. The first-order valence-corrected chi connectivity index (χ1v) is 8.46. The van der Waals surface area contributed by atoms with Gasteiger partial charge in [-0.3, -0.25) is 4.79 Å². The quantitative estimate of drug-likeness (QED) is 0.787. The van der Waals surface area contributed by atoms with Crippen LogP contribution < -0.4 is 15.0 Å². The van der Waals surface area contributed by atoms with Crippen LogP contribution >= 0.6 is 0 Å². The summed E-state index contributed by atoms with van der Waals surface area (Å²) < 4.78 is 18.7. The number of carbonyl (C=O) groups is 1. The van der Waals surface area contributed by atoms with Crippen LogP contribution in [0.4, 0.5) is 10.1 Å². The first kappa shape index (κ1) is 19.7. The maximum Gasteiger partial charge on any atom is 0.258 e. The highest BCUT2D eigenvalue weighted by molar-refractivity contribution is 5.77. The van der Waals surface area contributed by atoms with Crippen molar-refractivity contribution in [3.63, 3.8) is 0 Å². The SMILES string of the molecule is CN(C)c1ccc([C@H](CNC(=O)COc2ccccc2F)N(C)C)cc1. The molecule has 1 atom stereocenters. The largest absolute Gasteiger partial charge is 0.481 e. The van der Waals surface area contributed by atoms with E-state index in [1.165, 1.54) is 12.1 Å². The number of rotatable bonds is 8. The molecule has 0 bridgehead atoms. The Labute approximate surface area is 154 Å². The van der Waals surface area contributed by atoms with Crippen LogP contribution in [0.3, 0.4) is 0 Å². The van der Waals surface area contributed by atoms with Crippen LogP contribution in [0.2, 0.25) is 0 Å². The molecule has 6 heteroatoms. The number of hydrogen-bond donors (Lipinski definition) is 1. The molecule has 0 spiro atoms. The molecule has 0 aliphatic heterocycles. The minimum absolute atomic E-state index is 0.0311. The van der Waals surface area contributed by atoms with Gasteiger partial charge in [0, 0.05) is 26.3 Å². The summed E-state index contributed by atoms with van der Waals surface area (Å²) >= 11 is 0. The molecule has 0 fully saturated rings. The van der Waals surface area contributed by atoms with Crippen LogP contribution in [0.5, 0.6) is 5.75 Å². The molecule has 0 aliphatic rings. The summed E-state index contributed by atoms with van der Waals surface area (Å²) in [4.78, 5) is 16.1. The van der Waals surface area contributed by atoms with Gasteiger partial charge >= 0.3 is 0 Å². The van der Waals surface area contributed by atoms with E-state index in [4.69, 9.17) is 4.74 Å². The first-order valence-electron chi connectivity index (χ1n) is 8.46. The third-order valence-electron chi connectivity index (χ3n) is 4.11. The van der Waals surface area contributed by atoms with Crippen LogP contribution in [0.25, 0.3) is 0 Å². The van der Waals surface area contributed by atoms with Gasteiger partial charge in [-0.15, -0.1) is 0 Å². The lowest BCUT2D eigenvalue weighted by Crippen LogP contribution is -2.37. The van der Waals surface area contributed by atoms with E-state index >= 15 is 0 Å². The average Bonchev–Trinajstić information content (AvgIpc) is 2.61. The smallest absolute Gasteiger partial charge is 0.258 e. The Morgan fingerprint density at radius 2 is 1.73 bits per heavy atom. The Bertz CT molecular complexity index is 717. The van der Waals surface area contributed by atoms with Gasteiger partial charge in [0.1, 0.15) is 0 Å². The van der Waals surface area contributed by atoms with Crippen molar-refractivity contribution in [3.05, 3.63) is 59.9 Å². The topological polar surface area (TPSA) is 44.8 Å². The summed E-state index contributed by atoms with van der Waals surface area (Å²) in [5, 5.41) is 2.85. The highest BCUT2D eigenvalue weighted by atomic mass is 19.1. The zero-order valence-corrected chi connectivity index (χ0v) is 15.7. The summed E-state index contributed by atoms with van der Waals surface area (Å²) in [5.41, 5.74) is 2.23. The van der Waals surface area contributed by atoms with E-state index in [0.717, 1.165) is 11.3 Å². The van der Waals surface area contributed by atoms with E-state index in [1.807, 2.05) is 38.0 Å². The van der Waals surface area contributed by atoms with Gasteiger partial charge in [-0.05, 0) is 43.9 Å². The second kappa shape index (κ2) is 9.20. The minimum Gasteiger partial charge on any atom is -0.481 e. The summed E-state index contributed by atoms with van der Waals surface area (Å²) in [6.45, 7) is 0.217. The Kier molecular flexibility index (Phi) is 6.97. The molecule has 140 valence electrons. The van der Waals surface area contributed by atoms with Crippen molar-refractivity contribution < 1.29 is 13.9 Å². The third-order valence-corrected chi connectivity index (χ3v) is 4.11. The molecule has 1 amide bonds. The van der Waals surface area contributed by atoms with Gasteiger partial charge in [0.25, 0.3) is 5.91 Å². The maximum atomic E-state index is 13.5. The van der Waals surface area contributed by atoms with Crippen molar-refractivity contribution >= 4 is 11.6 Å². The summed E-state index contributed by atoms with van der Waals surface area (Å²) in [7, 11) is 7.92. The number of anilines is 1. The normalized spacial score (nSPS) is 11.9. The van der Waals surface area contributed by atoms with Crippen molar-refractivity contribution in [2.45, 2.75) is 6.04 Å². The van der Waals surface area contributed by atoms with Crippen molar-refractivity contribution in [3.8, 4) is 5.75 Å². The number of ether oxygens (including phenoxy) is 1. The molecule has 0 radical (unpaired) electrons. The molecule has 0 unspecified atom stereocenters. The van der Waals surface area contributed by atoms with Crippen molar-refractivity contribution in [1.82, 2.24) is 10.2 Å². The molecule has 0 saturated heterocycles. The van der Waals surface area contributed by atoms with Crippen LogP contribution in [-0.2, 0) is 4.79 Å². The molecular weight excluding hydrogens is 333 g/mol. The minimum atomic E-state index is -0.479. The molecule has 0 aromatic heterocycles. The fourth-order valence-electron chi connectivity index (χ4n) is 2.56. The standard InChI is InChI=1S/C20H26FN3O2/c1-23(2)16-11-9-15(10-12-16)18(24(3)4)13-22-20(25)14-26-19-8-6-5-7-17(19)21/h5-12,18H,13-14H2,1-4H3,(H,22,25)/t18-/m0/s1. The highest BCUT2D eigenvalue weighted by Gasteiger charge is 2.16. The Balaban J connectivity index is 1.91. The third kappa shape index (κ3) is 5.46. The summed E-state index contributed by atoms with van der Waals surface area (Å²) in [5.74, 6) is -0.691. The number of para-hydroxylation sites is 1. The number of nitrogens with zero attached hydrogens (tertiary/aromatic N) is 2. The lowest BCUT2D eigenvalue weighted by atomic mass is 10.1. The Hall–Kier alpha value is -2.60. The van der Waals surface area contributed by atoms with E-state index in [0.29, 0.717) is 6.54 Å². The number of amides is 1. The number of halogens is 1. The fourth-order valence-corrected chi connectivity index (χ4v) is 2.56. The van der Waals surface area contributed by atoms with E-state index < -0.39 is 5.82 Å². The highest BCUT2D eigenvalue weighted by Crippen LogP contribution is 2.21. The van der Waals surface area contributed by atoms with Crippen molar-refractivity contribution in [1.29, 1.82) is 0 Å². The van der Waals surface area contributed by atoms with Gasteiger partial charge in [-0.25, -0.2) is 4.39 Å². The molecule has 2 aromatic rings. The second-order valence-corrected chi connectivity index (χ2v) is 6.49. The summed E-state index contributed by atoms with van der Waals surface area (Å²) in [6, 6.07) is 14.3. The van der Waals surface area contributed by atoms with Gasteiger partial charge in [0.15, 0.2) is 18.2 Å². The van der Waals surface area contributed by atoms with E-state index in [1.54, 1.807) is 12.1 Å². The molecule has 26 heavy (non-hydrogen) atoms. The van der Waals surface area contributed by atoms with Crippen LogP contribution in [0.1, 0.15) is 11.6 Å². The van der Waals surface area contributed by atoms with Crippen LogP contribution in [0.15, 0.2) is 48.5 Å².